The number of H-pyrrole nitrogens is 1. The Morgan fingerprint density at radius 2 is 1.88 bits per heavy atom. The Bertz CT molecular complexity index is 1320. The zero-order chi connectivity index (χ0) is 23.0. The minimum atomic E-state index is -0.149. The minimum absolute atomic E-state index is 0.00464. The molecular weight excluding hydrogens is 432 g/mol. The molecule has 174 valence electrons. The summed E-state index contributed by atoms with van der Waals surface area (Å²) in [5.41, 5.74) is 2.61. The van der Waals surface area contributed by atoms with E-state index < -0.39 is 0 Å². The summed E-state index contributed by atoms with van der Waals surface area (Å²) in [6, 6.07) is 7.69. The number of hydrogen-bond donors (Lipinski definition) is 2. The van der Waals surface area contributed by atoms with Crippen LogP contribution in [0, 0.1) is 23.7 Å². The molecule has 0 radical (unpaired) electrons. The molecule has 4 aliphatic carbocycles. The molecule has 4 aliphatic rings. The first kappa shape index (κ1) is 21.4. The van der Waals surface area contributed by atoms with Crippen molar-refractivity contribution in [2.24, 2.45) is 16.7 Å². The summed E-state index contributed by atoms with van der Waals surface area (Å²) < 4.78 is 7.41. The normalized spacial score (nSPS) is 32.6. The van der Waals surface area contributed by atoms with E-state index in [0.29, 0.717) is 34.2 Å². The van der Waals surface area contributed by atoms with Gasteiger partial charge >= 0.3 is 0 Å². The zero-order valence-electron chi connectivity index (χ0n) is 19.7. The number of hydrogen-bond acceptors (Lipinski definition) is 4. The Hall–Kier alpha value is -2.18. The minimum Gasteiger partial charge on any atom is -0.373 e. The summed E-state index contributed by atoms with van der Waals surface area (Å²) in [5.74, 6) is 0.658. The number of aromatic nitrogens is 1. The summed E-state index contributed by atoms with van der Waals surface area (Å²) >= 11 is 1.39. The van der Waals surface area contributed by atoms with Gasteiger partial charge in [-0.1, -0.05) is 25.5 Å². The molecule has 2 heterocycles. The third-order valence-corrected chi connectivity index (χ3v) is 9.41. The van der Waals surface area contributed by atoms with Gasteiger partial charge in [0.2, 0.25) is 0 Å². The SMILES string of the molecule is Cc1ccc2[nH]c(=O)c3cc(C(=O)NCCOC45CC6C[C@@](C)(C4)C[C@](C)(C6)C5)sc3c2c1. The Morgan fingerprint density at radius 3 is 2.61 bits per heavy atom. The van der Waals surface area contributed by atoms with E-state index in [2.05, 4.69) is 30.2 Å². The first-order valence-electron chi connectivity index (χ1n) is 12.1. The first-order valence-corrected chi connectivity index (χ1v) is 13.0. The number of aromatic amines is 1. The van der Waals surface area contributed by atoms with E-state index in [1.165, 1.54) is 37.0 Å². The predicted molar refractivity (Wildman–Crippen MR) is 133 cm³/mol. The van der Waals surface area contributed by atoms with Gasteiger partial charge in [0.25, 0.3) is 11.5 Å². The fraction of sp³-hybridized carbons (Fsp3) is 0.556. The maximum absolute atomic E-state index is 12.9. The topological polar surface area (TPSA) is 71.2 Å². The second-order valence-electron chi connectivity index (χ2n) is 11.8. The molecule has 1 aromatic carbocycles. The number of thiophene rings is 1. The Balaban J connectivity index is 1.15. The Morgan fingerprint density at radius 1 is 1.12 bits per heavy atom. The van der Waals surface area contributed by atoms with Crippen molar-refractivity contribution in [3.05, 3.63) is 45.1 Å². The van der Waals surface area contributed by atoms with Crippen LogP contribution in [0.5, 0.6) is 0 Å². The monoisotopic (exact) mass is 464 g/mol. The Kier molecular flexibility index (Phi) is 4.63. The first-order chi connectivity index (χ1) is 15.6. The number of amides is 1. The maximum atomic E-state index is 12.9. The number of nitrogens with one attached hydrogen (secondary N) is 2. The molecule has 0 aliphatic heterocycles. The van der Waals surface area contributed by atoms with Crippen molar-refractivity contribution in [2.45, 2.75) is 64.9 Å². The van der Waals surface area contributed by atoms with E-state index in [-0.39, 0.29) is 17.1 Å². The van der Waals surface area contributed by atoms with Crippen LogP contribution >= 0.6 is 11.3 Å². The van der Waals surface area contributed by atoms with Crippen molar-refractivity contribution in [2.75, 3.05) is 13.2 Å². The van der Waals surface area contributed by atoms with Crippen LogP contribution in [0.4, 0.5) is 0 Å². The summed E-state index contributed by atoms with van der Waals surface area (Å²) in [4.78, 5) is 28.9. The summed E-state index contributed by atoms with van der Waals surface area (Å²) in [5, 5.41) is 4.59. The number of fused-ring (bicyclic) bond motifs is 3. The number of pyridine rings is 1. The lowest BCUT2D eigenvalue weighted by molar-refractivity contribution is -0.213. The standard InChI is InChI=1S/C27H32N2O3S/c1-16-4-5-20-18(8-16)22-19(23(30)29-20)9-21(33-22)24(31)28-6-7-32-27-12-17-10-25(2,14-27)13-26(3,11-17)15-27/h4-5,8-9,17H,6-7,10-15H2,1-3H3,(H,28,31)(H,29,30)/t17?,25-,26+,27?. The van der Waals surface area contributed by atoms with E-state index >= 15 is 0 Å². The van der Waals surface area contributed by atoms with Crippen molar-refractivity contribution < 1.29 is 9.53 Å². The van der Waals surface area contributed by atoms with Gasteiger partial charge in [-0.15, -0.1) is 11.3 Å². The molecule has 2 aromatic heterocycles. The molecule has 4 saturated carbocycles. The van der Waals surface area contributed by atoms with E-state index in [0.717, 1.165) is 39.9 Å². The summed E-state index contributed by atoms with van der Waals surface area (Å²) in [6.07, 6.45) is 7.53. The lowest BCUT2D eigenvalue weighted by Gasteiger charge is -2.65. The molecule has 33 heavy (non-hydrogen) atoms. The molecule has 4 fully saturated rings. The van der Waals surface area contributed by atoms with Gasteiger partial charge in [-0.25, -0.2) is 0 Å². The maximum Gasteiger partial charge on any atom is 0.261 e. The smallest absolute Gasteiger partial charge is 0.261 e. The Labute approximate surface area is 197 Å². The van der Waals surface area contributed by atoms with Gasteiger partial charge in [0.15, 0.2) is 0 Å². The van der Waals surface area contributed by atoms with E-state index in [4.69, 9.17) is 4.74 Å². The molecule has 4 bridgehead atoms. The highest BCUT2D eigenvalue weighted by Crippen LogP contribution is 2.67. The number of carbonyl (C=O) groups is 1. The van der Waals surface area contributed by atoms with Gasteiger partial charge in [-0.2, -0.15) is 0 Å². The fourth-order valence-electron chi connectivity index (χ4n) is 8.04. The predicted octanol–water partition coefficient (Wildman–Crippen LogP) is 5.55. The second-order valence-corrected chi connectivity index (χ2v) is 12.8. The molecule has 0 saturated heterocycles. The fourth-order valence-corrected chi connectivity index (χ4v) is 9.14. The van der Waals surface area contributed by atoms with Crippen LogP contribution < -0.4 is 10.9 Å². The molecule has 2 N–H and O–H groups in total. The van der Waals surface area contributed by atoms with Crippen LogP contribution in [-0.2, 0) is 4.74 Å². The third kappa shape index (κ3) is 3.62. The lowest BCUT2D eigenvalue weighted by Crippen LogP contribution is -2.59. The van der Waals surface area contributed by atoms with Crippen molar-refractivity contribution in [3.8, 4) is 0 Å². The van der Waals surface area contributed by atoms with Gasteiger partial charge in [-0.05, 0) is 80.4 Å². The van der Waals surface area contributed by atoms with Crippen molar-refractivity contribution in [1.29, 1.82) is 0 Å². The molecule has 2 unspecified atom stereocenters. The number of rotatable bonds is 5. The number of ether oxygens (including phenoxy) is 1. The largest absolute Gasteiger partial charge is 0.373 e. The van der Waals surface area contributed by atoms with Crippen molar-refractivity contribution in [3.63, 3.8) is 0 Å². The molecule has 4 atom stereocenters. The van der Waals surface area contributed by atoms with Gasteiger partial charge in [0.1, 0.15) is 0 Å². The number of benzene rings is 1. The quantitative estimate of drug-likeness (QED) is 0.487. The summed E-state index contributed by atoms with van der Waals surface area (Å²) in [6.45, 7) is 7.96. The van der Waals surface area contributed by atoms with Crippen LogP contribution in [0.15, 0.2) is 29.1 Å². The number of aryl methyl sites for hydroxylation is 1. The molecule has 1 amide bonds. The molecule has 6 heteroatoms. The second kappa shape index (κ2) is 7.16. The highest BCUT2D eigenvalue weighted by molar-refractivity contribution is 7.21. The van der Waals surface area contributed by atoms with Crippen LogP contribution in [0.2, 0.25) is 0 Å². The van der Waals surface area contributed by atoms with Crippen LogP contribution in [0.1, 0.15) is 67.6 Å². The van der Waals surface area contributed by atoms with Crippen molar-refractivity contribution in [1.82, 2.24) is 10.3 Å². The third-order valence-electron chi connectivity index (χ3n) is 8.24. The average Bonchev–Trinajstić information content (AvgIpc) is 3.16. The molecular formula is C27H32N2O3S. The van der Waals surface area contributed by atoms with Crippen LogP contribution in [0.3, 0.4) is 0 Å². The molecule has 0 spiro atoms. The highest BCUT2D eigenvalue weighted by Gasteiger charge is 2.60. The van der Waals surface area contributed by atoms with Gasteiger partial charge in [-0.3, -0.25) is 9.59 Å². The van der Waals surface area contributed by atoms with Gasteiger partial charge in [0.05, 0.1) is 22.5 Å². The van der Waals surface area contributed by atoms with E-state index in [9.17, 15) is 9.59 Å². The van der Waals surface area contributed by atoms with Crippen LogP contribution in [-0.4, -0.2) is 29.6 Å². The van der Waals surface area contributed by atoms with Gasteiger partial charge in [0, 0.05) is 22.1 Å². The van der Waals surface area contributed by atoms with E-state index in [1.807, 2.05) is 19.1 Å². The summed E-state index contributed by atoms with van der Waals surface area (Å²) in [7, 11) is 0. The van der Waals surface area contributed by atoms with Gasteiger partial charge < -0.3 is 15.0 Å². The number of carbonyl (C=O) groups excluding carboxylic acids is 1. The average molecular weight is 465 g/mol. The highest BCUT2D eigenvalue weighted by atomic mass is 32.1. The molecule has 5 nitrogen and oxygen atoms in total. The van der Waals surface area contributed by atoms with E-state index in [1.54, 1.807) is 6.07 Å². The van der Waals surface area contributed by atoms with Crippen LogP contribution in [0.25, 0.3) is 21.0 Å². The zero-order valence-corrected chi connectivity index (χ0v) is 20.5. The molecule has 3 aromatic rings. The van der Waals surface area contributed by atoms with Crippen molar-refractivity contribution >= 4 is 38.2 Å². The molecule has 7 rings (SSSR count). The lowest BCUT2D eigenvalue weighted by atomic mass is 9.43.